The summed E-state index contributed by atoms with van der Waals surface area (Å²) in [5.41, 5.74) is 0.819. The smallest absolute Gasteiger partial charge is 0.169 e. The van der Waals surface area contributed by atoms with Gasteiger partial charge in [-0.15, -0.1) is 0 Å². The number of fused-ring (bicyclic) bond motifs is 1. The summed E-state index contributed by atoms with van der Waals surface area (Å²) in [5.74, 6) is -0.328. The molecular formula is C15H12F2N2O. The normalized spacial score (nSPS) is 12.8. The number of hydrogen-bond acceptors (Lipinski definition) is 3. The third-order valence-corrected chi connectivity index (χ3v) is 3.15. The van der Waals surface area contributed by atoms with Gasteiger partial charge in [0.05, 0.1) is 12.2 Å². The van der Waals surface area contributed by atoms with Crippen molar-refractivity contribution < 1.29 is 13.2 Å². The van der Waals surface area contributed by atoms with Crippen LogP contribution in [0.4, 0.5) is 8.78 Å². The molecular weight excluding hydrogens is 262 g/mol. The highest BCUT2D eigenvalue weighted by Crippen LogP contribution is 2.29. The van der Waals surface area contributed by atoms with E-state index < -0.39 is 11.6 Å². The molecule has 1 N–H and O–H groups in total. The Hall–Kier alpha value is -2.27. The predicted molar refractivity (Wildman–Crippen MR) is 71.3 cm³/mol. The first-order valence-corrected chi connectivity index (χ1v) is 6.14. The van der Waals surface area contributed by atoms with Crippen LogP contribution < -0.4 is 5.32 Å². The topological polar surface area (TPSA) is 38.1 Å². The van der Waals surface area contributed by atoms with Crippen LogP contribution in [0.1, 0.15) is 17.4 Å². The maximum atomic E-state index is 13.6. The van der Waals surface area contributed by atoms with Crippen molar-refractivity contribution in [3.63, 3.8) is 0 Å². The lowest BCUT2D eigenvalue weighted by atomic mass is 10.1. The van der Waals surface area contributed by atoms with Crippen molar-refractivity contribution >= 4 is 11.0 Å². The number of hydrogen-bond donors (Lipinski definition) is 1. The van der Waals surface area contributed by atoms with Crippen LogP contribution in [0, 0.1) is 11.6 Å². The summed E-state index contributed by atoms with van der Waals surface area (Å²) in [6, 6.07) is 7.46. The van der Waals surface area contributed by atoms with E-state index in [1.807, 2.05) is 0 Å². The highest BCUT2D eigenvalue weighted by atomic mass is 19.1. The van der Waals surface area contributed by atoms with Gasteiger partial charge in [-0.2, -0.15) is 0 Å². The van der Waals surface area contributed by atoms with Gasteiger partial charge >= 0.3 is 0 Å². The number of halogens is 2. The Kier molecular flexibility index (Phi) is 3.20. The molecule has 5 heteroatoms. The van der Waals surface area contributed by atoms with E-state index in [2.05, 4.69) is 10.3 Å². The summed E-state index contributed by atoms with van der Waals surface area (Å²) < 4.78 is 32.5. The first-order chi connectivity index (χ1) is 9.69. The number of para-hydroxylation sites is 1. The molecule has 3 rings (SSSR count). The van der Waals surface area contributed by atoms with Gasteiger partial charge in [-0.1, -0.05) is 12.1 Å². The molecule has 0 spiro atoms. The molecule has 3 aromatic rings. The number of rotatable bonds is 3. The number of nitrogens with zero attached hydrogens (tertiary/aromatic N) is 1. The van der Waals surface area contributed by atoms with Gasteiger partial charge in [0.2, 0.25) is 0 Å². The minimum atomic E-state index is -0.426. The van der Waals surface area contributed by atoms with E-state index in [0.717, 1.165) is 6.20 Å². The summed E-state index contributed by atoms with van der Waals surface area (Å²) in [7, 11) is 1.72. The lowest BCUT2D eigenvalue weighted by molar-refractivity contribution is 0.474. The number of furan rings is 1. The van der Waals surface area contributed by atoms with Crippen LogP contribution in [-0.4, -0.2) is 12.0 Å². The largest absolute Gasteiger partial charge is 0.456 e. The van der Waals surface area contributed by atoms with Crippen LogP contribution in [0.5, 0.6) is 0 Å². The van der Waals surface area contributed by atoms with Crippen LogP contribution in [0.25, 0.3) is 11.0 Å². The highest BCUT2D eigenvalue weighted by molar-refractivity contribution is 5.78. The number of pyridine rings is 1. The Labute approximate surface area is 114 Å². The minimum Gasteiger partial charge on any atom is -0.456 e. The molecule has 1 unspecified atom stereocenters. The van der Waals surface area contributed by atoms with E-state index in [9.17, 15) is 8.78 Å². The van der Waals surface area contributed by atoms with Gasteiger partial charge in [0, 0.05) is 11.6 Å². The summed E-state index contributed by atoms with van der Waals surface area (Å²) in [6.45, 7) is 0. The van der Waals surface area contributed by atoms with E-state index >= 15 is 0 Å². The van der Waals surface area contributed by atoms with Gasteiger partial charge in [0.25, 0.3) is 0 Å². The monoisotopic (exact) mass is 274 g/mol. The Morgan fingerprint density at radius 3 is 2.75 bits per heavy atom. The molecule has 0 aliphatic heterocycles. The molecule has 102 valence electrons. The molecule has 2 heterocycles. The van der Waals surface area contributed by atoms with Crippen molar-refractivity contribution in [2.45, 2.75) is 6.04 Å². The van der Waals surface area contributed by atoms with Crippen LogP contribution in [-0.2, 0) is 0 Å². The molecule has 2 aromatic heterocycles. The van der Waals surface area contributed by atoms with Gasteiger partial charge < -0.3 is 9.73 Å². The Morgan fingerprint density at radius 2 is 2.05 bits per heavy atom. The van der Waals surface area contributed by atoms with E-state index in [1.165, 1.54) is 12.1 Å². The van der Waals surface area contributed by atoms with E-state index in [0.29, 0.717) is 16.7 Å². The standard InChI is InChI=1S/C15H12F2N2O/c1-18-14(10-5-11(16)8-19-7-10)13-6-9-3-2-4-12(17)15(9)20-13/h2-8,14,18H,1H3. The fourth-order valence-electron chi connectivity index (χ4n) is 2.25. The second kappa shape index (κ2) is 5.02. The van der Waals surface area contributed by atoms with E-state index in [1.54, 1.807) is 31.4 Å². The molecule has 1 atom stereocenters. The Bertz CT molecular complexity index is 754. The molecule has 0 saturated carbocycles. The third-order valence-electron chi connectivity index (χ3n) is 3.15. The van der Waals surface area contributed by atoms with Gasteiger partial charge in [0.1, 0.15) is 11.6 Å². The molecule has 1 aromatic carbocycles. The zero-order valence-corrected chi connectivity index (χ0v) is 10.7. The van der Waals surface area contributed by atoms with Gasteiger partial charge in [-0.25, -0.2) is 8.78 Å². The lowest BCUT2D eigenvalue weighted by Crippen LogP contribution is -2.17. The molecule has 0 aliphatic carbocycles. The Morgan fingerprint density at radius 1 is 1.20 bits per heavy atom. The number of aromatic nitrogens is 1. The van der Waals surface area contributed by atoms with Crippen LogP contribution >= 0.6 is 0 Å². The second-order valence-electron chi connectivity index (χ2n) is 4.47. The van der Waals surface area contributed by atoms with Crippen LogP contribution in [0.15, 0.2) is 47.1 Å². The average Bonchev–Trinajstić information content (AvgIpc) is 2.85. The fraction of sp³-hybridized carbons (Fsp3) is 0.133. The van der Waals surface area contributed by atoms with Gasteiger partial charge in [0.15, 0.2) is 11.4 Å². The zero-order valence-electron chi connectivity index (χ0n) is 10.7. The van der Waals surface area contributed by atoms with Crippen LogP contribution in [0.3, 0.4) is 0 Å². The van der Waals surface area contributed by atoms with E-state index in [-0.39, 0.29) is 11.6 Å². The molecule has 3 nitrogen and oxygen atoms in total. The fourth-order valence-corrected chi connectivity index (χ4v) is 2.25. The lowest BCUT2D eigenvalue weighted by Gasteiger charge is -2.13. The first kappa shape index (κ1) is 12.7. The second-order valence-corrected chi connectivity index (χ2v) is 4.47. The van der Waals surface area contributed by atoms with Crippen molar-refractivity contribution in [2.75, 3.05) is 7.05 Å². The number of benzene rings is 1. The molecule has 0 aliphatic rings. The first-order valence-electron chi connectivity index (χ1n) is 6.14. The summed E-state index contributed by atoms with van der Waals surface area (Å²) in [6.07, 6.45) is 2.68. The maximum absolute atomic E-state index is 13.6. The number of nitrogens with one attached hydrogen (secondary N) is 1. The SMILES string of the molecule is CNC(c1cncc(F)c1)c1cc2cccc(F)c2o1. The van der Waals surface area contributed by atoms with Crippen molar-refractivity contribution in [1.29, 1.82) is 0 Å². The maximum Gasteiger partial charge on any atom is 0.169 e. The molecule has 20 heavy (non-hydrogen) atoms. The van der Waals surface area contributed by atoms with Crippen molar-refractivity contribution in [1.82, 2.24) is 10.3 Å². The molecule has 0 bridgehead atoms. The average molecular weight is 274 g/mol. The molecule has 0 radical (unpaired) electrons. The predicted octanol–water partition coefficient (Wildman–Crippen LogP) is 3.41. The van der Waals surface area contributed by atoms with Crippen molar-refractivity contribution in [2.24, 2.45) is 0 Å². The molecule has 0 fully saturated rings. The summed E-state index contributed by atoms with van der Waals surface area (Å²) in [5, 5.41) is 3.69. The Balaban J connectivity index is 2.09. The summed E-state index contributed by atoms with van der Waals surface area (Å²) in [4.78, 5) is 3.82. The molecule has 0 saturated heterocycles. The van der Waals surface area contributed by atoms with E-state index in [4.69, 9.17) is 4.42 Å². The quantitative estimate of drug-likeness (QED) is 0.795. The highest BCUT2D eigenvalue weighted by Gasteiger charge is 2.18. The summed E-state index contributed by atoms with van der Waals surface area (Å²) >= 11 is 0. The van der Waals surface area contributed by atoms with Crippen molar-refractivity contribution in [3.8, 4) is 0 Å². The van der Waals surface area contributed by atoms with Gasteiger partial charge in [-0.3, -0.25) is 4.98 Å². The molecule has 0 amide bonds. The minimum absolute atomic E-state index is 0.201. The third kappa shape index (κ3) is 2.16. The van der Waals surface area contributed by atoms with Crippen LogP contribution in [0.2, 0.25) is 0 Å². The zero-order chi connectivity index (χ0) is 14.1. The van der Waals surface area contributed by atoms with Gasteiger partial charge in [-0.05, 0) is 30.8 Å². The van der Waals surface area contributed by atoms with Crippen molar-refractivity contribution in [3.05, 3.63) is 65.7 Å².